The minimum atomic E-state index is -0.143. The monoisotopic (exact) mass is 266 g/mol. The molecular formula is C17H18N2O. The Hall–Kier alpha value is -1.87. The van der Waals surface area contributed by atoms with E-state index in [1.807, 2.05) is 12.3 Å². The Labute approximate surface area is 118 Å². The zero-order valence-corrected chi connectivity index (χ0v) is 11.4. The van der Waals surface area contributed by atoms with Crippen molar-refractivity contribution in [1.29, 1.82) is 0 Å². The van der Waals surface area contributed by atoms with Crippen LogP contribution < -0.4 is 0 Å². The van der Waals surface area contributed by atoms with Crippen molar-refractivity contribution in [2.75, 3.05) is 13.1 Å². The second kappa shape index (κ2) is 4.60. The standard InChI is InChI=1S/C17H18N2O/c20-17-11-19-8-6-13(17)10-14(19)9-12-5-7-18-16-4-2-1-3-15(12)16/h1-5,7,9,13,17,20H,6,8,10-11H2/b14-9-/t13-,17+/m1/s1. The second-order valence-electron chi connectivity index (χ2n) is 5.82. The zero-order valence-electron chi connectivity index (χ0n) is 11.4. The molecule has 3 fully saturated rings. The molecule has 102 valence electrons. The van der Waals surface area contributed by atoms with Crippen LogP contribution in [0.3, 0.4) is 0 Å². The molecule has 3 aliphatic rings. The van der Waals surface area contributed by atoms with Crippen LogP contribution >= 0.6 is 0 Å². The molecule has 3 nitrogen and oxygen atoms in total. The Morgan fingerprint density at radius 1 is 1.25 bits per heavy atom. The van der Waals surface area contributed by atoms with Gasteiger partial charge in [0.25, 0.3) is 0 Å². The van der Waals surface area contributed by atoms with Crippen LogP contribution in [0.2, 0.25) is 0 Å². The molecule has 0 unspecified atom stereocenters. The van der Waals surface area contributed by atoms with Gasteiger partial charge in [0, 0.05) is 30.4 Å². The number of aliphatic hydroxyl groups excluding tert-OH is 1. The molecule has 4 heterocycles. The molecule has 20 heavy (non-hydrogen) atoms. The van der Waals surface area contributed by atoms with Gasteiger partial charge in [0.05, 0.1) is 11.6 Å². The number of pyridine rings is 1. The highest BCUT2D eigenvalue weighted by Crippen LogP contribution is 2.36. The molecule has 1 aromatic carbocycles. The van der Waals surface area contributed by atoms with Gasteiger partial charge in [-0.05, 0) is 42.5 Å². The van der Waals surface area contributed by atoms with Crippen LogP contribution in [0.5, 0.6) is 0 Å². The third-order valence-corrected chi connectivity index (χ3v) is 4.60. The molecule has 0 aliphatic carbocycles. The molecule has 3 heteroatoms. The molecule has 0 radical (unpaired) electrons. The number of benzene rings is 1. The van der Waals surface area contributed by atoms with Crippen LogP contribution in [0, 0.1) is 5.92 Å². The van der Waals surface area contributed by atoms with E-state index >= 15 is 0 Å². The summed E-state index contributed by atoms with van der Waals surface area (Å²) in [7, 11) is 0. The lowest BCUT2D eigenvalue weighted by Crippen LogP contribution is -2.48. The van der Waals surface area contributed by atoms with Crippen molar-refractivity contribution in [3.8, 4) is 0 Å². The summed E-state index contributed by atoms with van der Waals surface area (Å²) in [5.41, 5.74) is 3.63. The SMILES string of the molecule is O[C@H]1CN2CC[C@@H]1C/C2=C/c1ccnc2ccccc12. The second-order valence-corrected chi connectivity index (χ2v) is 5.82. The van der Waals surface area contributed by atoms with E-state index in [1.54, 1.807) is 0 Å². The molecule has 2 atom stereocenters. The maximum atomic E-state index is 9.98. The summed E-state index contributed by atoms with van der Waals surface area (Å²) < 4.78 is 0. The molecule has 2 bridgehead atoms. The fraction of sp³-hybridized carbons (Fsp3) is 0.353. The Morgan fingerprint density at radius 2 is 2.15 bits per heavy atom. The van der Waals surface area contributed by atoms with Gasteiger partial charge >= 0.3 is 0 Å². The van der Waals surface area contributed by atoms with Gasteiger partial charge in [-0.25, -0.2) is 0 Å². The van der Waals surface area contributed by atoms with Crippen LogP contribution in [0.25, 0.3) is 17.0 Å². The molecule has 2 aromatic rings. The van der Waals surface area contributed by atoms with E-state index in [2.05, 4.69) is 40.2 Å². The van der Waals surface area contributed by atoms with Crippen LogP contribution in [0.1, 0.15) is 18.4 Å². The average molecular weight is 266 g/mol. The summed E-state index contributed by atoms with van der Waals surface area (Å²) in [5.74, 6) is 0.444. The number of para-hydroxylation sites is 1. The van der Waals surface area contributed by atoms with Crippen LogP contribution in [-0.2, 0) is 0 Å². The maximum Gasteiger partial charge on any atom is 0.0747 e. The molecule has 0 saturated carbocycles. The first-order valence-electron chi connectivity index (χ1n) is 7.28. The van der Waals surface area contributed by atoms with Crippen molar-refractivity contribution in [3.05, 3.63) is 47.8 Å². The summed E-state index contributed by atoms with van der Waals surface area (Å²) in [6.07, 6.45) is 6.13. The van der Waals surface area contributed by atoms with E-state index in [0.717, 1.165) is 31.4 Å². The molecule has 3 saturated heterocycles. The molecule has 1 N–H and O–H groups in total. The third-order valence-electron chi connectivity index (χ3n) is 4.60. The van der Waals surface area contributed by atoms with Crippen molar-refractivity contribution < 1.29 is 5.11 Å². The molecule has 5 rings (SSSR count). The Bertz CT molecular complexity index is 674. The molecule has 0 spiro atoms. The Kier molecular flexibility index (Phi) is 2.74. The van der Waals surface area contributed by atoms with Gasteiger partial charge in [0.1, 0.15) is 0 Å². The van der Waals surface area contributed by atoms with E-state index in [9.17, 15) is 5.11 Å². The average Bonchev–Trinajstić information content (AvgIpc) is 2.49. The minimum Gasteiger partial charge on any atom is -0.391 e. The van der Waals surface area contributed by atoms with Crippen molar-refractivity contribution in [2.45, 2.75) is 18.9 Å². The lowest BCUT2D eigenvalue weighted by atomic mass is 9.83. The van der Waals surface area contributed by atoms with E-state index in [0.29, 0.717) is 5.92 Å². The van der Waals surface area contributed by atoms with Gasteiger partial charge in [0.2, 0.25) is 0 Å². The van der Waals surface area contributed by atoms with Gasteiger partial charge in [-0.15, -0.1) is 0 Å². The number of hydrogen-bond donors (Lipinski definition) is 1. The van der Waals surface area contributed by atoms with E-state index < -0.39 is 0 Å². The van der Waals surface area contributed by atoms with E-state index in [4.69, 9.17) is 0 Å². The minimum absolute atomic E-state index is 0.143. The quantitative estimate of drug-likeness (QED) is 0.862. The Morgan fingerprint density at radius 3 is 2.95 bits per heavy atom. The number of nitrogens with zero attached hydrogens (tertiary/aromatic N) is 2. The molecule has 3 aliphatic heterocycles. The predicted molar refractivity (Wildman–Crippen MR) is 80.0 cm³/mol. The summed E-state index contributed by atoms with van der Waals surface area (Å²) in [6, 6.07) is 10.3. The maximum absolute atomic E-state index is 9.98. The van der Waals surface area contributed by atoms with Crippen molar-refractivity contribution in [3.63, 3.8) is 0 Å². The molecule has 0 amide bonds. The highest BCUT2D eigenvalue weighted by Gasteiger charge is 2.35. The third kappa shape index (κ3) is 1.90. The topological polar surface area (TPSA) is 36.4 Å². The number of piperidine rings is 3. The van der Waals surface area contributed by atoms with Gasteiger partial charge < -0.3 is 10.0 Å². The largest absolute Gasteiger partial charge is 0.391 e. The van der Waals surface area contributed by atoms with Crippen molar-refractivity contribution >= 4 is 17.0 Å². The van der Waals surface area contributed by atoms with E-state index in [1.165, 1.54) is 16.6 Å². The number of aliphatic hydroxyl groups is 1. The van der Waals surface area contributed by atoms with Crippen LogP contribution in [0.15, 0.2) is 42.2 Å². The molecular weight excluding hydrogens is 248 g/mol. The number of hydrogen-bond acceptors (Lipinski definition) is 3. The normalized spacial score (nSPS) is 27.4. The number of aromatic nitrogens is 1. The fourth-order valence-electron chi connectivity index (χ4n) is 3.45. The smallest absolute Gasteiger partial charge is 0.0747 e. The summed E-state index contributed by atoms with van der Waals surface area (Å²) in [5, 5.41) is 11.2. The number of allylic oxidation sites excluding steroid dienone is 1. The fourth-order valence-corrected chi connectivity index (χ4v) is 3.45. The van der Waals surface area contributed by atoms with E-state index in [-0.39, 0.29) is 6.10 Å². The summed E-state index contributed by atoms with van der Waals surface area (Å²) in [6.45, 7) is 1.87. The van der Waals surface area contributed by atoms with Crippen molar-refractivity contribution in [1.82, 2.24) is 9.88 Å². The van der Waals surface area contributed by atoms with Gasteiger partial charge in [-0.2, -0.15) is 0 Å². The van der Waals surface area contributed by atoms with Crippen molar-refractivity contribution in [2.24, 2.45) is 5.92 Å². The predicted octanol–water partition coefficient (Wildman–Crippen LogP) is 2.66. The lowest BCUT2D eigenvalue weighted by Gasteiger charge is -2.45. The van der Waals surface area contributed by atoms with Gasteiger partial charge in [-0.3, -0.25) is 4.98 Å². The number of rotatable bonds is 1. The molecule has 1 aromatic heterocycles. The first-order valence-corrected chi connectivity index (χ1v) is 7.28. The highest BCUT2D eigenvalue weighted by molar-refractivity contribution is 5.87. The lowest BCUT2D eigenvalue weighted by molar-refractivity contribution is 0.00257. The van der Waals surface area contributed by atoms with Crippen LogP contribution in [-0.4, -0.2) is 34.2 Å². The van der Waals surface area contributed by atoms with Gasteiger partial charge in [0.15, 0.2) is 0 Å². The van der Waals surface area contributed by atoms with Crippen LogP contribution in [0.4, 0.5) is 0 Å². The highest BCUT2D eigenvalue weighted by atomic mass is 16.3. The first kappa shape index (κ1) is 11.9. The van der Waals surface area contributed by atoms with Gasteiger partial charge in [-0.1, -0.05) is 18.2 Å². The zero-order chi connectivity index (χ0) is 13.5. The number of fused-ring (bicyclic) bond motifs is 4. The first-order chi connectivity index (χ1) is 9.81. The Balaban J connectivity index is 1.76. The summed E-state index contributed by atoms with van der Waals surface area (Å²) >= 11 is 0. The summed E-state index contributed by atoms with van der Waals surface area (Å²) in [4.78, 5) is 6.75.